The second-order valence-electron chi connectivity index (χ2n) is 2.86. The van der Waals surface area contributed by atoms with Gasteiger partial charge in [-0.25, -0.2) is 0 Å². The van der Waals surface area contributed by atoms with E-state index in [1.165, 1.54) is 6.92 Å². The van der Waals surface area contributed by atoms with Crippen LogP contribution in [0.5, 0.6) is 0 Å². The van der Waals surface area contributed by atoms with E-state index in [2.05, 4.69) is 0 Å². The average molecular weight is 206 g/mol. The zero-order valence-electron chi connectivity index (χ0n) is 7.43. The van der Waals surface area contributed by atoms with Crippen molar-refractivity contribution in [1.29, 1.82) is 0 Å². The average Bonchev–Trinajstić information content (AvgIpc) is 2.01. The van der Waals surface area contributed by atoms with Crippen molar-refractivity contribution in [2.24, 2.45) is 5.73 Å². The van der Waals surface area contributed by atoms with E-state index in [0.29, 0.717) is 4.57 Å². The Morgan fingerprint density at radius 3 is 2.43 bits per heavy atom. The van der Waals surface area contributed by atoms with Crippen LogP contribution in [0.25, 0.3) is 0 Å². The Balaban J connectivity index is 3.48. The SMILES string of the molecule is Cc1cc(C(F)(F)F)n(CN)c(=O)c1. The molecular formula is C8H9F3N2O. The molecule has 0 fully saturated rings. The number of nitrogens with zero attached hydrogens (tertiary/aromatic N) is 1. The molecule has 0 unspecified atom stereocenters. The second-order valence-corrected chi connectivity index (χ2v) is 2.86. The fraction of sp³-hybridized carbons (Fsp3) is 0.375. The Morgan fingerprint density at radius 2 is 2.00 bits per heavy atom. The van der Waals surface area contributed by atoms with Crippen LogP contribution >= 0.6 is 0 Å². The topological polar surface area (TPSA) is 48.0 Å². The van der Waals surface area contributed by atoms with Gasteiger partial charge < -0.3 is 5.73 Å². The molecule has 0 aromatic carbocycles. The lowest BCUT2D eigenvalue weighted by atomic mass is 10.2. The van der Waals surface area contributed by atoms with Gasteiger partial charge >= 0.3 is 6.18 Å². The van der Waals surface area contributed by atoms with Crippen LogP contribution < -0.4 is 11.3 Å². The molecule has 0 spiro atoms. The maximum Gasteiger partial charge on any atom is 0.431 e. The van der Waals surface area contributed by atoms with Gasteiger partial charge in [0.25, 0.3) is 5.56 Å². The van der Waals surface area contributed by atoms with Gasteiger partial charge in [-0.2, -0.15) is 13.2 Å². The standard InChI is InChI=1S/C8H9F3N2O/c1-5-2-6(8(9,10)11)13(4-12)7(14)3-5/h2-3H,4,12H2,1H3. The smallest absolute Gasteiger partial charge is 0.313 e. The Morgan fingerprint density at radius 1 is 1.43 bits per heavy atom. The minimum Gasteiger partial charge on any atom is -0.313 e. The van der Waals surface area contributed by atoms with Gasteiger partial charge in [0.2, 0.25) is 0 Å². The fourth-order valence-electron chi connectivity index (χ4n) is 1.15. The van der Waals surface area contributed by atoms with Gasteiger partial charge in [0.05, 0.1) is 6.67 Å². The summed E-state index contributed by atoms with van der Waals surface area (Å²) in [6.07, 6.45) is -4.55. The lowest BCUT2D eigenvalue weighted by Crippen LogP contribution is -2.30. The first-order valence-electron chi connectivity index (χ1n) is 3.85. The molecule has 6 heteroatoms. The highest BCUT2D eigenvalue weighted by molar-refractivity contribution is 5.18. The Kier molecular flexibility index (Phi) is 2.66. The predicted octanol–water partition coefficient (Wildman–Crippen LogP) is 1.09. The summed E-state index contributed by atoms with van der Waals surface area (Å²) in [6, 6.07) is 2.01. The molecule has 0 atom stereocenters. The first-order valence-corrected chi connectivity index (χ1v) is 3.85. The van der Waals surface area contributed by atoms with Crippen LogP contribution in [0.4, 0.5) is 13.2 Å². The van der Waals surface area contributed by atoms with Gasteiger partial charge in [-0.1, -0.05) is 0 Å². The highest BCUT2D eigenvalue weighted by Crippen LogP contribution is 2.28. The molecular weight excluding hydrogens is 197 g/mol. The van der Waals surface area contributed by atoms with Crippen molar-refractivity contribution in [2.75, 3.05) is 0 Å². The summed E-state index contributed by atoms with van der Waals surface area (Å²) in [5, 5.41) is 0. The highest BCUT2D eigenvalue weighted by Gasteiger charge is 2.34. The zero-order chi connectivity index (χ0) is 10.9. The number of hydrogen-bond donors (Lipinski definition) is 1. The molecule has 3 nitrogen and oxygen atoms in total. The molecule has 0 aliphatic heterocycles. The van der Waals surface area contributed by atoms with Crippen molar-refractivity contribution in [3.63, 3.8) is 0 Å². The summed E-state index contributed by atoms with van der Waals surface area (Å²) < 4.78 is 37.6. The molecule has 2 N–H and O–H groups in total. The first-order chi connectivity index (χ1) is 6.36. The van der Waals surface area contributed by atoms with Crippen molar-refractivity contribution in [1.82, 2.24) is 4.57 Å². The maximum absolute atomic E-state index is 12.4. The van der Waals surface area contributed by atoms with Crippen LogP contribution in [0.2, 0.25) is 0 Å². The van der Waals surface area contributed by atoms with Gasteiger partial charge in [0.15, 0.2) is 0 Å². The third-order valence-electron chi connectivity index (χ3n) is 1.75. The van der Waals surface area contributed by atoms with Gasteiger partial charge in [-0.05, 0) is 18.6 Å². The number of rotatable bonds is 1. The highest BCUT2D eigenvalue weighted by atomic mass is 19.4. The molecule has 0 aliphatic rings. The lowest BCUT2D eigenvalue weighted by molar-refractivity contribution is -0.144. The third kappa shape index (κ3) is 1.95. The lowest BCUT2D eigenvalue weighted by Gasteiger charge is -2.13. The van der Waals surface area contributed by atoms with E-state index in [0.717, 1.165) is 12.1 Å². The minimum absolute atomic E-state index is 0.270. The quantitative estimate of drug-likeness (QED) is 0.747. The molecule has 0 aliphatic carbocycles. The Hall–Kier alpha value is -1.30. The third-order valence-corrected chi connectivity index (χ3v) is 1.75. The minimum atomic E-state index is -4.55. The molecule has 0 amide bonds. The van der Waals surface area contributed by atoms with E-state index < -0.39 is 24.1 Å². The number of halogens is 3. The van der Waals surface area contributed by atoms with E-state index in [1.54, 1.807) is 0 Å². The maximum atomic E-state index is 12.4. The van der Waals surface area contributed by atoms with Crippen LogP contribution in [0.3, 0.4) is 0 Å². The van der Waals surface area contributed by atoms with Crippen molar-refractivity contribution in [3.8, 4) is 0 Å². The molecule has 0 radical (unpaired) electrons. The summed E-state index contributed by atoms with van der Waals surface area (Å²) in [5.74, 6) is 0. The monoisotopic (exact) mass is 206 g/mol. The number of hydrogen-bond acceptors (Lipinski definition) is 2. The van der Waals surface area contributed by atoms with Gasteiger partial charge in [0.1, 0.15) is 5.69 Å². The number of pyridine rings is 1. The Labute approximate surface area is 78.0 Å². The molecule has 0 saturated heterocycles. The zero-order valence-corrected chi connectivity index (χ0v) is 7.43. The van der Waals surface area contributed by atoms with Crippen LogP contribution in [-0.2, 0) is 12.8 Å². The second kappa shape index (κ2) is 3.45. The molecule has 1 heterocycles. The molecule has 1 rings (SSSR count). The summed E-state index contributed by atoms with van der Waals surface area (Å²) in [6.45, 7) is 0.950. The summed E-state index contributed by atoms with van der Waals surface area (Å²) in [7, 11) is 0. The van der Waals surface area contributed by atoms with Crippen LogP contribution in [-0.4, -0.2) is 4.57 Å². The summed E-state index contributed by atoms with van der Waals surface area (Å²) in [4.78, 5) is 11.1. The van der Waals surface area contributed by atoms with E-state index >= 15 is 0 Å². The van der Waals surface area contributed by atoms with Crippen molar-refractivity contribution < 1.29 is 13.2 Å². The molecule has 1 aromatic rings. The largest absolute Gasteiger partial charge is 0.431 e. The Bertz CT molecular complexity index is 395. The molecule has 1 aromatic heterocycles. The van der Waals surface area contributed by atoms with Crippen molar-refractivity contribution in [2.45, 2.75) is 19.8 Å². The van der Waals surface area contributed by atoms with Crippen LogP contribution in [0.1, 0.15) is 11.3 Å². The van der Waals surface area contributed by atoms with Gasteiger partial charge in [0, 0.05) is 6.07 Å². The molecule has 14 heavy (non-hydrogen) atoms. The predicted molar refractivity (Wildman–Crippen MR) is 44.6 cm³/mol. The van der Waals surface area contributed by atoms with E-state index in [-0.39, 0.29) is 5.56 Å². The molecule has 0 saturated carbocycles. The van der Waals surface area contributed by atoms with Gasteiger partial charge in [-0.15, -0.1) is 0 Å². The molecule has 0 bridgehead atoms. The van der Waals surface area contributed by atoms with E-state index in [4.69, 9.17) is 5.73 Å². The number of aryl methyl sites for hydroxylation is 1. The van der Waals surface area contributed by atoms with Crippen molar-refractivity contribution >= 4 is 0 Å². The van der Waals surface area contributed by atoms with Crippen LogP contribution in [0, 0.1) is 6.92 Å². The first kappa shape index (κ1) is 10.8. The van der Waals surface area contributed by atoms with Gasteiger partial charge in [-0.3, -0.25) is 9.36 Å². The number of aromatic nitrogens is 1. The number of nitrogens with two attached hydrogens (primary N) is 1. The normalized spacial score (nSPS) is 11.8. The van der Waals surface area contributed by atoms with E-state index in [1.807, 2.05) is 0 Å². The molecule has 78 valence electrons. The number of alkyl halides is 3. The van der Waals surface area contributed by atoms with Crippen LogP contribution in [0.15, 0.2) is 16.9 Å². The fourth-order valence-corrected chi connectivity index (χ4v) is 1.15. The summed E-state index contributed by atoms with van der Waals surface area (Å²) >= 11 is 0. The van der Waals surface area contributed by atoms with Crippen molar-refractivity contribution in [3.05, 3.63) is 33.7 Å². The summed E-state index contributed by atoms with van der Waals surface area (Å²) in [5.41, 5.74) is 3.59. The van der Waals surface area contributed by atoms with E-state index in [9.17, 15) is 18.0 Å².